The van der Waals surface area contributed by atoms with Crippen LogP contribution in [-0.4, -0.2) is 27.8 Å². The zero-order valence-electron chi connectivity index (χ0n) is 15.9. The van der Waals surface area contributed by atoms with E-state index in [-0.39, 0.29) is 17.9 Å². The molecule has 7 heteroatoms. The number of aryl methyl sites for hydroxylation is 2. The molecule has 2 aromatic heterocycles. The number of aromatic nitrogens is 3. The van der Waals surface area contributed by atoms with Crippen molar-refractivity contribution in [3.05, 3.63) is 70.8 Å². The number of anilines is 1. The number of methoxy groups -OCH3 is 1. The third-order valence-corrected chi connectivity index (χ3v) is 4.25. The maximum absolute atomic E-state index is 12.3. The average Bonchev–Trinajstić information content (AvgIpc) is 2.70. The molecule has 0 fully saturated rings. The largest absolute Gasteiger partial charge is 0.495 e. The van der Waals surface area contributed by atoms with Crippen LogP contribution in [0.25, 0.3) is 11.3 Å². The zero-order valence-corrected chi connectivity index (χ0v) is 15.9. The monoisotopic (exact) mass is 378 g/mol. The number of carbonyl (C=O) groups excluding carboxylic acids is 1. The van der Waals surface area contributed by atoms with Crippen LogP contribution in [0.1, 0.15) is 18.4 Å². The van der Waals surface area contributed by atoms with E-state index in [0.717, 1.165) is 11.1 Å². The van der Waals surface area contributed by atoms with Crippen LogP contribution < -0.4 is 15.6 Å². The average molecular weight is 378 g/mol. The van der Waals surface area contributed by atoms with Crippen molar-refractivity contribution >= 4 is 11.6 Å². The van der Waals surface area contributed by atoms with Gasteiger partial charge in [-0.3, -0.25) is 14.6 Å². The fraction of sp³-hybridized carbons (Fsp3) is 0.238. The number of nitrogens with one attached hydrogen (secondary N) is 1. The van der Waals surface area contributed by atoms with Gasteiger partial charge in [-0.15, -0.1) is 0 Å². The molecule has 1 N–H and O–H groups in total. The molecular weight excluding hydrogens is 356 g/mol. The van der Waals surface area contributed by atoms with Crippen molar-refractivity contribution in [2.24, 2.45) is 0 Å². The van der Waals surface area contributed by atoms with Crippen molar-refractivity contribution in [2.75, 3.05) is 12.4 Å². The van der Waals surface area contributed by atoms with Crippen LogP contribution in [0.2, 0.25) is 0 Å². The maximum atomic E-state index is 12.3. The van der Waals surface area contributed by atoms with Gasteiger partial charge in [0.05, 0.1) is 18.5 Å². The molecule has 3 rings (SSSR count). The van der Waals surface area contributed by atoms with Gasteiger partial charge in [0, 0.05) is 37.0 Å². The van der Waals surface area contributed by atoms with Gasteiger partial charge < -0.3 is 10.1 Å². The Morgan fingerprint density at radius 3 is 2.68 bits per heavy atom. The van der Waals surface area contributed by atoms with E-state index in [4.69, 9.17) is 4.74 Å². The fourth-order valence-corrected chi connectivity index (χ4v) is 2.81. The lowest BCUT2D eigenvalue weighted by Gasteiger charge is -2.11. The molecule has 1 amide bonds. The second kappa shape index (κ2) is 8.94. The number of benzene rings is 1. The Morgan fingerprint density at radius 1 is 1.14 bits per heavy atom. The molecule has 0 aliphatic rings. The molecule has 0 aliphatic carbocycles. The Labute approximate surface area is 163 Å². The second-order valence-corrected chi connectivity index (χ2v) is 6.37. The molecule has 0 saturated carbocycles. The molecule has 2 heterocycles. The van der Waals surface area contributed by atoms with E-state index in [1.807, 2.05) is 37.3 Å². The predicted molar refractivity (Wildman–Crippen MR) is 107 cm³/mol. The fourth-order valence-electron chi connectivity index (χ4n) is 2.81. The summed E-state index contributed by atoms with van der Waals surface area (Å²) in [4.78, 5) is 28.3. The summed E-state index contributed by atoms with van der Waals surface area (Å²) in [6.07, 6.45) is 4.12. The van der Waals surface area contributed by atoms with Crippen molar-refractivity contribution in [1.29, 1.82) is 0 Å². The third-order valence-electron chi connectivity index (χ3n) is 4.25. The van der Waals surface area contributed by atoms with Gasteiger partial charge in [0.25, 0.3) is 5.56 Å². The normalized spacial score (nSPS) is 10.5. The Kier molecular flexibility index (Phi) is 6.16. The van der Waals surface area contributed by atoms with Crippen LogP contribution in [-0.2, 0) is 11.3 Å². The Balaban J connectivity index is 1.61. The van der Waals surface area contributed by atoms with Gasteiger partial charge in [-0.1, -0.05) is 6.07 Å². The molecule has 0 spiro atoms. The third kappa shape index (κ3) is 4.82. The lowest BCUT2D eigenvalue weighted by Crippen LogP contribution is -2.23. The Morgan fingerprint density at radius 2 is 1.93 bits per heavy atom. The highest BCUT2D eigenvalue weighted by Crippen LogP contribution is 2.25. The molecule has 3 aromatic rings. The van der Waals surface area contributed by atoms with E-state index in [2.05, 4.69) is 15.4 Å². The van der Waals surface area contributed by atoms with Gasteiger partial charge >= 0.3 is 0 Å². The smallest absolute Gasteiger partial charge is 0.266 e. The number of rotatable bonds is 7. The van der Waals surface area contributed by atoms with E-state index < -0.39 is 0 Å². The van der Waals surface area contributed by atoms with Crippen LogP contribution >= 0.6 is 0 Å². The topological polar surface area (TPSA) is 86.1 Å². The number of carbonyl (C=O) groups is 1. The van der Waals surface area contributed by atoms with Crippen molar-refractivity contribution < 1.29 is 9.53 Å². The minimum atomic E-state index is -0.196. The standard InChI is InChI=1S/C21H22N4O3/c1-15-5-7-19(28-2)18(14-15)23-20(26)4-3-13-25-21(27)8-6-17(24-25)16-9-11-22-12-10-16/h5-12,14H,3-4,13H2,1-2H3,(H,23,26). The van der Waals surface area contributed by atoms with Gasteiger partial charge in [-0.2, -0.15) is 5.10 Å². The summed E-state index contributed by atoms with van der Waals surface area (Å²) in [6, 6.07) is 12.4. The number of hydrogen-bond donors (Lipinski definition) is 1. The summed E-state index contributed by atoms with van der Waals surface area (Å²) >= 11 is 0. The van der Waals surface area contributed by atoms with Gasteiger partial charge in [0.2, 0.25) is 5.91 Å². The molecule has 0 aliphatic heterocycles. The summed E-state index contributed by atoms with van der Waals surface area (Å²) in [7, 11) is 1.56. The summed E-state index contributed by atoms with van der Waals surface area (Å²) in [5.41, 5.74) is 3.05. The van der Waals surface area contributed by atoms with E-state index >= 15 is 0 Å². The molecule has 28 heavy (non-hydrogen) atoms. The summed E-state index contributed by atoms with van der Waals surface area (Å²) in [5, 5.41) is 7.25. The zero-order chi connectivity index (χ0) is 19.9. The first-order valence-corrected chi connectivity index (χ1v) is 9.00. The molecule has 144 valence electrons. The molecule has 7 nitrogen and oxygen atoms in total. The minimum Gasteiger partial charge on any atom is -0.495 e. The number of amides is 1. The highest BCUT2D eigenvalue weighted by Gasteiger charge is 2.09. The summed E-state index contributed by atoms with van der Waals surface area (Å²) in [6.45, 7) is 2.30. The highest BCUT2D eigenvalue weighted by molar-refractivity contribution is 5.92. The highest BCUT2D eigenvalue weighted by atomic mass is 16.5. The quantitative estimate of drug-likeness (QED) is 0.683. The van der Waals surface area contributed by atoms with E-state index in [0.29, 0.717) is 30.1 Å². The van der Waals surface area contributed by atoms with Crippen molar-refractivity contribution in [3.63, 3.8) is 0 Å². The molecule has 1 aromatic carbocycles. The van der Waals surface area contributed by atoms with Crippen LogP contribution in [0.3, 0.4) is 0 Å². The van der Waals surface area contributed by atoms with Crippen molar-refractivity contribution in [1.82, 2.24) is 14.8 Å². The van der Waals surface area contributed by atoms with E-state index in [1.54, 1.807) is 25.6 Å². The van der Waals surface area contributed by atoms with Crippen molar-refractivity contribution in [3.8, 4) is 17.0 Å². The number of nitrogens with zero attached hydrogens (tertiary/aromatic N) is 3. The maximum Gasteiger partial charge on any atom is 0.266 e. The summed E-state index contributed by atoms with van der Waals surface area (Å²) in [5.74, 6) is 0.476. The van der Waals surface area contributed by atoms with E-state index in [1.165, 1.54) is 10.7 Å². The first-order chi connectivity index (χ1) is 13.6. The molecule has 0 atom stereocenters. The summed E-state index contributed by atoms with van der Waals surface area (Å²) < 4.78 is 6.66. The van der Waals surface area contributed by atoms with Gasteiger partial charge in [0.1, 0.15) is 5.75 Å². The van der Waals surface area contributed by atoms with Gasteiger partial charge in [0.15, 0.2) is 0 Å². The molecule has 0 unspecified atom stereocenters. The van der Waals surface area contributed by atoms with Crippen LogP contribution in [0.5, 0.6) is 5.75 Å². The van der Waals surface area contributed by atoms with Crippen molar-refractivity contribution in [2.45, 2.75) is 26.3 Å². The Bertz CT molecular complexity index is 1020. The molecule has 0 saturated heterocycles. The SMILES string of the molecule is COc1ccc(C)cc1NC(=O)CCCn1nc(-c2ccncc2)ccc1=O. The lowest BCUT2D eigenvalue weighted by atomic mass is 10.2. The van der Waals surface area contributed by atoms with E-state index in [9.17, 15) is 9.59 Å². The number of pyridine rings is 1. The minimum absolute atomic E-state index is 0.137. The first kappa shape index (κ1) is 19.3. The molecule has 0 bridgehead atoms. The number of ether oxygens (including phenoxy) is 1. The second-order valence-electron chi connectivity index (χ2n) is 6.37. The Hall–Kier alpha value is -3.48. The van der Waals surface area contributed by atoms with Gasteiger partial charge in [-0.05, 0) is 49.2 Å². The van der Waals surface area contributed by atoms with Crippen LogP contribution in [0.15, 0.2) is 59.7 Å². The molecule has 0 radical (unpaired) electrons. The van der Waals surface area contributed by atoms with Gasteiger partial charge in [-0.25, -0.2) is 4.68 Å². The van der Waals surface area contributed by atoms with Crippen LogP contribution in [0, 0.1) is 6.92 Å². The van der Waals surface area contributed by atoms with Crippen LogP contribution in [0.4, 0.5) is 5.69 Å². The number of hydrogen-bond acceptors (Lipinski definition) is 5. The first-order valence-electron chi connectivity index (χ1n) is 9.00. The molecular formula is C21H22N4O3. The lowest BCUT2D eigenvalue weighted by molar-refractivity contribution is -0.116. The predicted octanol–water partition coefficient (Wildman–Crippen LogP) is 3.04.